The maximum absolute atomic E-state index is 5.93. The standard InChI is InChI=1S/C17H21N3OS.HI/c1-13(22-16-9-4-3-5-10-16)12-19-17(18)20-14-7-6-8-15(11-14)21-2;/h3-11,13H,12H2,1-2H3,(H3,18,19,20);1H. The first-order chi connectivity index (χ1) is 10.7. The number of thioether (sulfide) groups is 1. The molecule has 0 spiro atoms. The fourth-order valence-electron chi connectivity index (χ4n) is 1.88. The monoisotopic (exact) mass is 443 g/mol. The zero-order chi connectivity index (χ0) is 15.8. The van der Waals surface area contributed by atoms with Gasteiger partial charge in [0.15, 0.2) is 5.96 Å². The lowest BCUT2D eigenvalue weighted by Crippen LogP contribution is -2.23. The second-order valence-corrected chi connectivity index (χ2v) is 6.34. The maximum atomic E-state index is 5.93. The number of hydrogen-bond acceptors (Lipinski definition) is 3. The summed E-state index contributed by atoms with van der Waals surface area (Å²) in [6.07, 6.45) is 0. The number of anilines is 1. The molecule has 1 atom stereocenters. The number of nitrogens with zero attached hydrogens (tertiary/aromatic N) is 1. The van der Waals surface area contributed by atoms with E-state index in [1.54, 1.807) is 18.9 Å². The number of nitrogens with one attached hydrogen (secondary N) is 1. The van der Waals surface area contributed by atoms with E-state index in [0.29, 0.717) is 17.8 Å². The largest absolute Gasteiger partial charge is 0.497 e. The molecule has 0 fully saturated rings. The van der Waals surface area contributed by atoms with Gasteiger partial charge >= 0.3 is 0 Å². The fourth-order valence-corrected chi connectivity index (χ4v) is 2.81. The van der Waals surface area contributed by atoms with E-state index in [1.807, 2.05) is 42.5 Å². The second kappa shape index (κ2) is 10.4. The van der Waals surface area contributed by atoms with Crippen LogP contribution in [0.15, 0.2) is 64.5 Å². The van der Waals surface area contributed by atoms with Crippen LogP contribution in [0.1, 0.15) is 6.92 Å². The van der Waals surface area contributed by atoms with Crippen molar-refractivity contribution in [3.63, 3.8) is 0 Å². The molecule has 0 saturated carbocycles. The van der Waals surface area contributed by atoms with E-state index in [0.717, 1.165) is 11.4 Å². The van der Waals surface area contributed by atoms with Gasteiger partial charge in [-0.25, -0.2) is 0 Å². The van der Waals surface area contributed by atoms with Crippen LogP contribution in [-0.4, -0.2) is 24.9 Å². The Morgan fingerprint density at radius 2 is 1.96 bits per heavy atom. The number of nitrogens with two attached hydrogens (primary N) is 1. The highest BCUT2D eigenvalue weighted by atomic mass is 127. The topological polar surface area (TPSA) is 59.6 Å². The van der Waals surface area contributed by atoms with Crippen LogP contribution in [-0.2, 0) is 0 Å². The Morgan fingerprint density at radius 3 is 2.65 bits per heavy atom. The minimum atomic E-state index is 0. The smallest absolute Gasteiger partial charge is 0.193 e. The Bertz CT molecular complexity index is 622. The average molecular weight is 443 g/mol. The van der Waals surface area contributed by atoms with Crippen LogP contribution in [0.2, 0.25) is 0 Å². The van der Waals surface area contributed by atoms with Crippen molar-refractivity contribution in [3.05, 3.63) is 54.6 Å². The molecule has 124 valence electrons. The molecule has 0 aliphatic heterocycles. The third-order valence-corrected chi connectivity index (χ3v) is 4.04. The molecule has 0 aromatic heterocycles. The van der Waals surface area contributed by atoms with E-state index < -0.39 is 0 Å². The van der Waals surface area contributed by atoms with Crippen LogP contribution in [0.4, 0.5) is 5.69 Å². The molecule has 1 unspecified atom stereocenters. The molecule has 23 heavy (non-hydrogen) atoms. The van der Waals surface area contributed by atoms with E-state index in [2.05, 4.69) is 29.4 Å². The second-order valence-electron chi connectivity index (χ2n) is 4.82. The predicted octanol–water partition coefficient (Wildman–Crippen LogP) is 4.22. The van der Waals surface area contributed by atoms with E-state index >= 15 is 0 Å². The first-order valence-corrected chi connectivity index (χ1v) is 7.98. The molecule has 2 aromatic carbocycles. The molecule has 0 amide bonds. The molecule has 0 radical (unpaired) electrons. The molecule has 0 bridgehead atoms. The first kappa shape index (κ1) is 19.6. The van der Waals surface area contributed by atoms with E-state index in [1.165, 1.54) is 4.90 Å². The van der Waals surface area contributed by atoms with Crippen LogP contribution in [0, 0.1) is 0 Å². The Labute approximate surface area is 158 Å². The van der Waals surface area contributed by atoms with Gasteiger partial charge in [-0.05, 0) is 24.3 Å². The lowest BCUT2D eigenvalue weighted by atomic mass is 10.3. The minimum Gasteiger partial charge on any atom is -0.497 e. The molecule has 3 N–H and O–H groups in total. The quantitative estimate of drug-likeness (QED) is 0.304. The summed E-state index contributed by atoms with van der Waals surface area (Å²) in [5.41, 5.74) is 6.79. The number of halogens is 1. The normalized spacial score (nSPS) is 12.2. The highest BCUT2D eigenvalue weighted by Crippen LogP contribution is 2.22. The zero-order valence-electron chi connectivity index (χ0n) is 13.2. The van der Waals surface area contributed by atoms with Crippen molar-refractivity contribution in [1.82, 2.24) is 0 Å². The molecular weight excluding hydrogens is 421 g/mol. The average Bonchev–Trinajstić information content (AvgIpc) is 2.54. The molecule has 4 nitrogen and oxygen atoms in total. The summed E-state index contributed by atoms with van der Waals surface area (Å²) in [7, 11) is 1.64. The van der Waals surface area contributed by atoms with Gasteiger partial charge < -0.3 is 15.8 Å². The van der Waals surface area contributed by atoms with E-state index in [-0.39, 0.29) is 24.0 Å². The number of ether oxygens (including phenoxy) is 1. The third kappa shape index (κ3) is 7.13. The maximum Gasteiger partial charge on any atom is 0.193 e. The predicted molar refractivity (Wildman–Crippen MR) is 110 cm³/mol. The summed E-state index contributed by atoms with van der Waals surface area (Å²) in [5.74, 6) is 1.19. The summed E-state index contributed by atoms with van der Waals surface area (Å²) in [6.45, 7) is 2.79. The van der Waals surface area contributed by atoms with Crippen molar-refractivity contribution in [2.75, 3.05) is 19.0 Å². The van der Waals surface area contributed by atoms with Crippen LogP contribution in [0.25, 0.3) is 0 Å². The van der Waals surface area contributed by atoms with Crippen molar-refractivity contribution in [3.8, 4) is 5.75 Å². The number of methoxy groups -OCH3 is 1. The summed E-state index contributed by atoms with van der Waals surface area (Å²) >= 11 is 1.79. The zero-order valence-corrected chi connectivity index (χ0v) is 16.4. The minimum absolute atomic E-state index is 0. The van der Waals surface area contributed by atoms with Crippen molar-refractivity contribution < 1.29 is 4.74 Å². The third-order valence-electron chi connectivity index (χ3n) is 2.94. The SMILES string of the molecule is COc1cccc(NC(N)=NCC(C)Sc2ccccc2)c1.I. The molecule has 0 saturated heterocycles. The Hall–Kier alpha value is -1.41. The molecule has 0 aliphatic rings. The number of guanidine groups is 1. The van der Waals surface area contributed by atoms with Crippen LogP contribution in [0.3, 0.4) is 0 Å². The fraction of sp³-hybridized carbons (Fsp3) is 0.235. The first-order valence-electron chi connectivity index (χ1n) is 7.10. The Balaban J connectivity index is 0.00000264. The van der Waals surface area contributed by atoms with Gasteiger partial charge in [-0.15, -0.1) is 35.7 Å². The number of rotatable bonds is 6. The van der Waals surface area contributed by atoms with Gasteiger partial charge in [0.05, 0.1) is 13.7 Å². The Morgan fingerprint density at radius 1 is 1.22 bits per heavy atom. The summed E-state index contributed by atoms with van der Waals surface area (Å²) in [5, 5.41) is 3.43. The lowest BCUT2D eigenvalue weighted by Gasteiger charge is -2.10. The number of hydrogen-bond donors (Lipinski definition) is 2. The summed E-state index contributed by atoms with van der Waals surface area (Å²) < 4.78 is 5.18. The van der Waals surface area contributed by atoms with Crippen molar-refractivity contribution in [1.29, 1.82) is 0 Å². The lowest BCUT2D eigenvalue weighted by molar-refractivity contribution is 0.415. The molecule has 6 heteroatoms. The summed E-state index contributed by atoms with van der Waals surface area (Å²) in [4.78, 5) is 5.63. The van der Waals surface area contributed by atoms with E-state index in [9.17, 15) is 0 Å². The van der Waals surface area contributed by atoms with Crippen molar-refractivity contribution >= 4 is 47.4 Å². The van der Waals surface area contributed by atoms with E-state index in [4.69, 9.17) is 10.5 Å². The van der Waals surface area contributed by atoms with Crippen LogP contribution >= 0.6 is 35.7 Å². The Kier molecular flexibility index (Phi) is 8.86. The van der Waals surface area contributed by atoms with Crippen LogP contribution in [0.5, 0.6) is 5.75 Å². The number of benzene rings is 2. The summed E-state index contributed by atoms with van der Waals surface area (Å²) in [6, 6.07) is 17.9. The highest BCUT2D eigenvalue weighted by molar-refractivity contribution is 14.0. The number of aliphatic imine (C=N–C) groups is 1. The van der Waals surface area contributed by atoms with Gasteiger partial charge in [0.2, 0.25) is 0 Å². The highest BCUT2D eigenvalue weighted by Gasteiger charge is 2.04. The molecule has 2 rings (SSSR count). The molecule has 0 aliphatic carbocycles. The molecular formula is C17H22IN3OS. The van der Waals surface area contributed by atoms with Gasteiger partial charge in [0, 0.05) is 21.9 Å². The molecule has 0 heterocycles. The van der Waals surface area contributed by atoms with Crippen molar-refractivity contribution in [2.24, 2.45) is 10.7 Å². The van der Waals surface area contributed by atoms with Gasteiger partial charge in [-0.2, -0.15) is 0 Å². The van der Waals surface area contributed by atoms with Gasteiger partial charge in [-0.3, -0.25) is 4.99 Å². The van der Waals surface area contributed by atoms with Gasteiger partial charge in [-0.1, -0.05) is 31.2 Å². The van der Waals surface area contributed by atoms with Gasteiger partial charge in [0.25, 0.3) is 0 Å². The van der Waals surface area contributed by atoms with Gasteiger partial charge in [0.1, 0.15) is 5.75 Å². The van der Waals surface area contributed by atoms with Crippen molar-refractivity contribution in [2.45, 2.75) is 17.1 Å². The molecule has 2 aromatic rings. The van der Waals surface area contributed by atoms with Crippen LogP contribution < -0.4 is 15.8 Å².